The fourth-order valence-electron chi connectivity index (χ4n) is 3.77. The van der Waals surface area contributed by atoms with Gasteiger partial charge in [-0.3, -0.25) is 5.73 Å². The molecule has 6 unspecified atom stereocenters. The van der Waals surface area contributed by atoms with Crippen molar-refractivity contribution in [3.63, 3.8) is 0 Å². The Morgan fingerprint density at radius 3 is 1.44 bits per heavy atom. The van der Waals surface area contributed by atoms with Crippen molar-refractivity contribution in [2.75, 3.05) is 99.1 Å². The van der Waals surface area contributed by atoms with Gasteiger partial charge in [0.05, 0.1) is 83.9 Å². The number of hydrogen-bond donors (Lipinski definition) is 5. The van der Waals surface area contributed by atoms with Crippen molar-refractivity contribution < 1.29 is 71.8 Å². The van der Waals surface area contributed by atoms with Crippen molar-refractivity contribution in [1.29, 1.82) is 0 Å². The molecule has 0 aliphatic rings. The molecule has 0 fully saturated rings. The van der Waals surface area contributed by atoms with Crippen LogP contribution in [0.25, 0.3) is 0 Å². The Labute approximate surface area is 296 Å². The Morgan fingerprint density at radius 1 is 0.560 bits per heavy atom. The topological polar surface area (TPSA) is 190 Å². The average molecular weight is 730 g/mol. The summed E-state index contributed by atoms with van der Waals surface area (Å²) in [5.41, 5.74) is 1.48. The molecule has 0 saturated carbocycles. The molecule has 50 heavy (non-hydrogen) atoms. The first-order chi connectivity index (χ1) is 23.4. The van der Waals surface area contributed by atoms with Crippen LogP contribution >= 0.6 is 0 Å². The van der Waals surface area contributed by atoms with Crippen LogP contribution in [0.1, 0.15) is 47.5 Å². The molecule has 14 nitrogen and oxygen atoms in total. The second-order valence-electron chi connectivity index (χ2n) is 13.0. The Morgan fingerprint density at radius 2 is 0.980 bits per heavy atom. The molecule has 0 aromatic carbocycles. The Balaban J connectivity index is 4.25. The van der Waals surface area contributed by atoms with Gasteiger partial charge in [0.2, 0.25) is 0 Å². The van der Waals surface area contributed by atoms with Crippen LogP contribution in [0.2, 0.25) is 0 Å². The molecule has 6 atom stereocenters. The molecule has 0 aromatic heterocycles. The molecule has 0 aromatic rings. The van der Waals surface area contributed by atoms with Crippen LogP contribution in [0.3, 0.4) is 0 Å². The van der Waals surface area contributed by atoms with E-state index in [-0.39, 0.29) is 98.9 Å². The third-order valence-corrected chi connectivity index (χ3v) is 7.22. The van der Waals surface area contributed by atoms with E-state index in [0.29, 0.717) is 6.42 Å². The van der Waals surface area contributed by atoms with Crippen LogP contribution in [0.4, 0.5) is 8.78 Å². The van der Waals surface area contributed by atoms with Crippen molar-refractivity contribution in [2.24, 2.45) is 5.73 Å². The zero-order valence-corrected chi connectivity index (χ0v) is 30.3. The minimum absolute atomic E-state index is 0.00136. The fraction of sp³-hybridized carbons (Fsp3) is 0.882. The van der Waals surface area contributed by atoms with E-state index in [1.807, 2.05) is 13.8 Å². The third kappa shape index (κ3) is 25.4. The van der Waals surface area contributed by atoms with E-state index in [9.17, 15) is 24.8 Å². The van der Waals surface area contributed by atoms with Crippen LogP contribution < -0.4 is 5.73 Å². The van der Waals surface area contributed by atoms with Gasteiger partial charge in [0.25, 0.3) is 5.98 Å². The summed E-state index contributed by atoms with van der Waals surface area (Å²) in [4.78, 5) is 0. The molecule has 16 heteroatoms. The summed E-state index contributed by atoms with van der Waals surface area (Å²) in [7, 11) is 0. The number of aliphatic hydroxyl groups excluding tert-OH is 4. The second kappa shape index (κ2) is 26.2. The molecule has 0 aliphatic heterocycles. The number of nitrogens with two attached hydrogens (primary N) is 1. The number of alkyl halides is 2. The first-order valence-corrected chi connectivity index (χ1v) is 16.5. The SMILES string of the molecule is C#CCOCC(O)COCC(O)COCCOC(N)(F)COC(C)(C)C(C)(F)CCOC(C)(C)CCOCC(O)COCC(O)COCC#C. The maximum absolute atomic E-state index is 15.7. The lowest BCUT2D eigenvalue weighted by Crippen LogP contribution is -2.52. The fourth-order valence-corrected chi connectivity index (χ4v) is 3.77. The van der Waals surface area contributed by atoms with E-state index in [4.69, 9.17) is 61.2 Å². The smallest absolute Gasteiger partial charge is 0.287 e. The molecule has 0 aliphatic carbocycles. The highest BCUT2D eigenvalue weighted by atomic mass is 19.2. The maximum atomic E-state index is 15.7. The summed E-state index contributed by atoms with van der Waals surface area (Å²) in [6, 6.07) is 0. The summed E-state index contributed by atoms with van der Waals surface area (Å²) in [5, 5.41) is 39.2. The molecule has 0 bridgehead atoms. The molecule has 294 valence electrons. The summed E-state index contributed by atoms with van der Waals surface area (Å²) in [6.45, 7) is 6.93. The summed E-state index contributed by atoms with van der Waals surface area (Å²) in [6.07, 6.45) is 6.84. The van der Waals surface area contributed by atoms with E-state index in [2.05, 4.69) is 11.8 Å². The minimum Gasteiger partial charge on any atom is -0.388 e. The van der Waals surface area contributed by atoms with Crippen LogP contribution in [-0.4, -0.2) is 167 Å². The monoisotopic (exact) mass is 729 g/mol. The van der Waals surface area contributed by atoms with Gasteiger partial charge in [-0.1, -0.05) is 11.8 Å². The highest BCUT2D eigenvalue weighted by Crippen LogP contribution is 2.34. The molecule has 0 heterocycles. The first kappa shape index (κ1) is 48.4. The molecule has 6 N–H and O–H groups in total. The van der Waals surface area contributed by atoms with Crippen LogP contribution in [0, 0.1) is 24.7 Å². The Hall–Kier alpha value is -1.58. The molecule has 0 rings (SSSR count). The number of halogens is 2. The standard InChI is InChI=1S/C34H61F2NO13/c1-8-12-42-18-27(38)22-46-24-29(40)20-44-14-10-31(3,4)48-15-11-33(7,35)32(5,6)50-26-34(36,37)49-17-16-45-21-30(41)25-47-23-28(39)19-43-13-9-2/h1-2,27-30,38-41H,10-26,37H2,3-7H3. The highest BCUT2D eigenvalue weighted by molar-refractivity contribution is 4.93. The van der Waals surface area contributed by atoms with Gasteiger partial charge in [0.1, 0.15) is 49.9 Å². The number of ether oxygens (including phenoxy) is 9. The number of rotatable bonds is 33. The van der Waals surface area contributed by atoms with Crippen molar-refractivity contribution in [1.82, 2.24) is 0 Å². The van der Waals surface area contributed by atoms with E-state index in [1.54, 1.807) is 0 Å². The van der Waals surface area contributed by atoms with Gasteiger partial charge in [-0.15, -0.1) is 12.8 Å². The zero-order valence-electron chi connectivity index (χ0n) is 30.3. The van der Waals surface area contributed by atoms with Gasteiger partial charge < -0.3 is 63.1 Å². The quantitative estimate of drug-likeness (QED) is 0.0272. The van der Waals surface area contributed by atoms with E-state index in [1.165, 1.54) is 20.8 Å². The number of terminal acetylenes is 2. The predicted octanol–water partition coefficient (Wildman–Crippen LogP) is 0.493. The molecule has 0 radical (unpaired) electrons. The average Bonchev–Trinajstić information content (AvgIpc) is 3.02. The summed E-state index contributed by atoms with van der Waals surface area (Å²) in [5.74, 6) is 1.83. The van der Waals surface area contributed by atoms with Crippen molar-refractivity contribution in [2.45, 2.75) is 94.7 Å². The molecule has 0 saturated heterocycles. The van der Waals surface area contributed by atoms with Gasteiger partial charge in [0, 0.05) is 13.0 Å². The van der Waals surface area contributed by atoms with Crippen LogP contribution in [0.5, 0.6) is 0 Å². The summed E-state index contributed by atoms with van der Waals surface area (Å²) >= 11 is 0. The van der Waals surface area contributed by atoms with Gasteiger partial charge in [-0.25, -0.2) is 4.39 Å². The highest BCUT2D eigenvalue weighted by Gasteiger charge is 2.44. The van der Waals surface area contributed by atoms with Gasteiger partial charge in [-0.05, 0) is 41.0 Å². The summed E-state index contributed by atoms with van der Waals surface area (Å²) < 4.78 is 78.0. The first-order valence-electron chi connectivity index (χ1n) is 16.5. The van der Waals surface area contributed by atoms with E-state index < -0.39 is 53.9 Å². The van der Waals surface area contributed by atoms with E-state index in [0.717, 1.165) is 0 Å². The lowest BCUT2D eigenvalue weighted by molar-refractivity contribution is -0.226. The van der Waals surface area contributed by atoms with Gasteiger partial charge in [-0.2, -0.15) is 4.39 Å². The largest absolute Gasteiger partial charge is 0.388 e. The molecule has 0 amide bonds. The molecule has 0 spiro atoms. The van der Waals surface area contributed by atoms with Crippen molar-refractivity contribution in [3.05, 3.63) is 0 Å². The normalized spacial score (nSPS) is 17.2. The van der Waals surface area contributed by atoms with E-state index >= 15 is 4.39 Å². The number of aliphatic hydroxyl groups is 4. The lowest BCUT2D eigenvalue weighted by atomic mass is 9.86. The molecular weight excluding hydrogens is 668 g/mol. The third-order valence-electron chi connectivity index (χ3n) is 7.22. The maximum Gasteiger partial charge on any atom is 0.287 e. The zero-order chi connectivity index (χ0) is 38.1. The van der Waals surface area contributed by atoms with Crippen LogP contribution in [0.15, 0.2) is 0 Å². The van der Waals surface area contributed by atoms with Crippen molar-refractivity contribution in [3.8, 4) is 24.7 Å². The minimum atomic E-state index is -2.73. The number of hydrogen-bond acceptors (Lipinski definition) is 14. The van der Waals surface area contributed by atoms with Crippen molar-refractivity contribution >= 4 is 0 Å². The lowest BCUT2D eigenvalue weighted by Gasteiger charge is -2.39. The predicted molar refractivity (Wildman–Crippen MR) is 179 cm³/mol. The van der Waals surface area contributed by atoms with Crippen LogP contribution in [-0.2, 0) is 42.6 Å². The van der Waals surface area contributed by atoms with Gasteiger partial charge >= 0.3 is 0 Å². The van der Waals surface area contributed by atoms with Gasteiger partial charge in [0.15, 0.2) is 0 Å². The second-order valence-corrected chi connectivity index (χ2v) is 13.0. The Bertz CT molecular complexity index is 943. The molecular formula is C34H61F2NO13. The Kier molecular flexibility index (Phi) is 25.4.